The lowest BCUT2D eigenvalue weighted by Gasteiger charge is -2.20. The van der Waals surface area contributed by atoms with Crippen molar-refractivity contribution in [2.75, 3.05) is 17.2 Å². The average Bonchev–Trinajstić information content (AvgIpc) is 2.51. The van der Waals surface area contributed by atoms with E-state index in [4.69, 9.17) is 5.73 Å². The maximum absolute atomic E-state index is 12.3. The van der Waals surface area contributed by atoms with Gasteiger partial charge < -0.3 is 21.7 Å². The normalized spacial score (nSPS) is 13.8. The van der Waals surface area contributed by atoms with Crippen LogP contribution in [-0.4, -0.2) is 24.5 Å². The van der Waals surface area contributed by atoms with E-state index >= 15 is 0 Å². The average molecular weight is 341 g/mol. The number of anilines is 2. The number of fused-ring (bicyclic) bond motifs is 1. The van der Waals surface area contributed by atoms with E-state index in [2.05, 4.69) is 16.0 Å². The summed E-state index contributed by atoms with van der Waals surface area (Å²) in [5, 5.41) is 8.71. The Morgan fingerprint density at radius 2 is 2.17 bits per heavy atom. The van der Waals surface area contributed by atoms with Gasteiger partial charge in [-0.25, -0.2) is 4.79 Å². The number of carbonyl (C=O) groups excluding carboxylic acids is 2. The van der Waals surface area contributed by atoms with Gasteiger partial charge in [0.05, 0.1) is 0 Å². The Kier molecular flexibility index (Phi) is 7.68. The van der Waals surface area contributed by atoms with Crippen molar-refractivity contribution in [3.63, 3.8) is 0 Å². The molecule has 6 nitrogen and oxygen atoms in total. The molecule has 0 spiro atoms. The van der Waals surface area contributed by atoms with E-state index in [1.165, 1.54) is 5.56 Å². The highest BCUT2D eigenvalue weighted by Crippen LogP contribution is 2.25. The summed E-state index contributed by atoms with van der Waals surface area (Å²) in [5.74, 6) is -0.226. The zero-order valence-electron chi connectivity index (χ0n) is 13.4. The third-order valence-electron chi connectivity index (χ3n) is 3.79. The molecule has 7 heteroatoms. The molecule has 1 aromatic rings. The molecule has 0 aromatic heterocycles. The fourth-order valence-electron chi connectivity index (χ4n) is 2.63. The molecule has 1 unspecified atom stereocenters. The Morgan fingerprint density at radius 1 is 1.39 bits per heavy atom. The van der Waals surface area contributed by atoms with E-state index < -0.39 is 12.1 Å². The van der Waals surface area contributed by atoms with Crippen LogP contribution in [0, 0.1) is 0 Å². The molecule has 5 N–H and O–H groups in total. The van der Waals surface area contributed by atoms with Gasteiger partial charge in [0.2, 0.25) is 5.91 Å². The zero-order chi connectivity index (χ0) is 15.9. The summed E-state index contributed by atoms with van der Waals surface area (Å²) in [6, 6.07) is 4.57. The van der Waals surface area contributed by atoms with Crippen molar-refractivity contribution in [2.45, 2.75) is 45.1 Å². The number of unbranched alkanes of at least 4 members (excludes halogenated alkanes) is 1. The smallest absolute Gasteiger partial charge is 0.312 e. The van der Waals surface area contributed by atoms with Gasteiger partial charge in [-0.3, -0.25) is 4.79 Å². The van der Waals surface area contributed by atoms with Crippen LogP contribution in [-0.2, 0) is 11.2 Å². The molecule has 1 aliphatic rings. The van der Waals surface area contributed by atoms with Gasteiger partial charge in [-0.2, -0.15) is 0 Å². The van der Waals surface area contributed by atoms with Crippen molar-refractivity contribution < 1.29 is 9.59 Å². The molecule has 2 rings (SSSR count). The number of nitrogens with one attached hydrogen (secondary N) is 3. The van der Waals surface area contributed by atoms with Crippen LogP contribution < -0.4 is 21.7 Å². The second-order valence-corrected chi connectivity index (χ2v) is 5.59. The molecule has 0 radical (unpaired) electrons. The molecule has 0 bridgehead atoms. The van der Waals surface area contributed by atoms with Crippen LogP contribution in [0.1, 0.15) is 38.2 Å². The highest BCUT2D eigenvalue weighted by molar-refractivity contribution is 5.97. The van der Waals surface area contributed by atoms with Crippen LogP contribution in [0.15, 0.2) is 18.2 Å². The number of urea groups is 1. The van der Waals surface area contributed by atoms with E-state index in [1.54, 1.807) is 0 Å². The minimum atomic E-state index is -0.675. The minimum Gasteiger partial charge on any atom is -0.385 e. The topological polar surface area (TPSA) is 96.2 Å². The van der Waals surface area contributed by atoms with Crippen molar-refractivity contribution in [3.05, 3.63) is 23.8 Å². The molecule has 1 aromatic carbocycles. The Labute approximate surface area is 143 Å². The highest BCUT2D eigenvalue weighted by atomic mass is 35.5. The number of aryl methyl sites for hydroxylation is 1. The SMILES string of the molecule is CCCCC(NC(N)=O)C(=O)Nc1ccc2c(c1)CCCN2.Cl. The molecule has 0 saturated heterocycles. The first-order valence-corrected chi connectivity index (χ1v) is 7.83. The maximum atomic E-state index is 12.3. The van der Waals surface area contributed by atoms with Gasteiger partial charge in [0.25, 0.3) is 0 Å². The van der Waals surface area contributed by atoms with E-state index in [1.807, 2.05) is 25.1 Å². The van der Waals surface area contributed by atoms with Crippen LogP contribution in [0.2, 0.25) is 0 Å². The van der Waals surface area contributed by atoms with Crippen molar-refractivity contribution in [3.8, 4) is 0 Å². The van der Waals surface area contributed by atoms with Crippen molar-refractivity contribution in [2.24, 2.45) is 5.73 Å². The maximum Gasteiger partial charge on any atom is 0.312 e. The zero-order valence-corrected chi connectivity index (χ0v) is 14.2. The van der Waals surface area contributed by atoms with Gasteiger partial charge >= 0.3 is 6.03 Å². The van der Waals surface area contributed by atoms with Crippen LogP contribution in [0.4, 0.5) is 16.2 Å². The number of primary amides is 1. The monoisotopic (exact) mass is 340 g/mol. The van der Waals surface area contributed by atoms with Crippen LogP contribution in [0.3, 0.4) is 0 Å². The molecule has 3 amide bonds. The number of nitrogens with two attached hydrogens (primary N) is 1. The van der Waals surface area contributed by atoms with Crippen LogP contribution in [0.5, 0.6) is 0 Å². The lowest BCUT2D eigenvalue weighted by atomic mass is 10.0. The van der Waals surface area contributed by atoms with Crippen LogP contribution >= 0.6 is 12.4 Å². The van der Waals surface area contributed by atoms with Gasteiger partial charge in [0.1, 0.15) is 6.04 Å². The number of benzene rings is 1. The summed E-state index contributed by atoms with van der Waals surface area (Å²) in [7, 11) is 0. The molecule has 0 aliphatic carbocycles. The quantitative estimate of drug-likeness (QED) is 0.641. The molecule has 1 atom stereocenters. The summed E-state index contributed by atoms with van der Waals surface area (Å²) in [6.45, 7) is 3.02. The number of carbonyl (C=O) groups is 2. The minimum absolute atomic E-state index is 0. The molecular weight excluding hydrogens is 316 g/mol. The van der Waals surface area contributed by atoms with E-state index in [9.17, 15) is 9.59 Å². The number of halogens is 1. The lowest BCUT2D eigenvalue weighted by Crippen LogP contribution is -2.46. The van der Waals surface area contributed by atoms with E-state index in [-0.39, 0.29) is 18.3 Å². The van der Waals surface area contributed by atoms with Gasteiger partial charge in [-0.1, -0.05) is 19.8 Å². The van der Waals surface area contributed by atoms with Crippen molar-refractivity contribution in [1.82, 2.24) is 5.32 Å². The van der Waals surface area contributed by atoms with E-state index in [0.717, 1.165) is 43.6 Å². The highest BCUT2D eigenvalue weighted by Gasteiger charge is 2.19. The summed E-state index contributed by atoms with van der Waals surface area (Å²) < 4.78 is 0. The number of amides is 3. The number of hydrogen-bond acceptors (Lipinski definition) is 3. The van der Waals surface area contributed by atoms with Crippen LogP contribution in [0.25, 0.3) is 0 Å². The lowest BCUT2D eigenvalue weighted by molar-refractivity contribution is -0.118. The van der Waals surface area contributed by atoms with Gasteiger partial charge in [0.15, 0.2) is 0 Å². The Balaban J connectivity index is 0.00000264. The predicted octanol–water partition coefficient (Wildman–Crippen LogP) is 2.63. The Bertz CT molecular complexity index is 551. The summed E-state index contributed by atoms with van der Waals surface area (Å²) in [5.41, 5.74) is 8.23. The Morgan fingerprint density at radius 3 is 2.87 bits per heavy atom. The second kappa shape index (κ2) is 9.25. The molecular formula is C16H25ClN4O2. The Hall–Kier alpha value is -1.95. The standard InChI is InChI=1S/C16H24N4O2.ClH/c1-2-3-6-14(20-16(17)22)15(21)19-12-7-8-13-11(10-12)5-4-9-18-13;/h7-8,10,14,18H,2-6,9H2,1H3,(H,19,21)(H3,17,20,22);1H. The second-order valence-electron chi connectivity index (χ2n) is 5.59. The summed E-state index contributed by atoms with van der Waals surface area (Å²) in [6.07, 6.45) is 4.48. The first-order valence-electron chi connectivity index (χ1n) is 7.83. The van der Waals surface area contributed by atoms with E-state index in [0.29, 0.717) is 6.42 Å². The first-order chi connectivity index (χ1) is 10.6. The fourth-order valence-corrected chi connectivity index (χ4v) is 2.63. The molecule has 1 aliphatic heterocycles. The van der Waals surface area contributed by atoms with Crippen molar-refractivity contribution in [1.29, 1.82) is 0 Å². The first kappa shape index (κ1) is 19.1. The third-order valence-corrected chi connectivity index (χ3v) is 3.79. The van der Waals surface area contributed by atoms with Crippen molar-refractivity contribution >= 4 is 35.7 Å². The molecule has 0 saturated carbocycles. The largest absolute Gasteiger partial charge is 0.385 e. The third kappa shape index (κ3) is 5.63. The molecule has 1 heterocycles. The fraction of sp³-hybridized carbons (Fsp3) is 0.500. The summed E-state index contributed by atoms with van der Waals surface area (Å²) >= 11 is 0. The molecule has 23 heavy (non-hydrogen) atoms. The predicted molar refractivity (Wildman–Crippen MR) is 95.2 cm³/mol. The molecule has 0 fully saturated rings. The van der Waals surface area contributed by atoms with Gasteiger partial charge in [-0.05, 0) is 43.0 Å². The number of rotatable bonds is 6. The van der Waals surface area contributed by atoms with Gasteiger partial charge in [0, 0.05) is 17.9 Å². The molecule has 128 valence electrons. The van der Waals surface area contributed by atoms with Gasteiger partial charge in [-0.15, -0.1) is 12.4 Å². The summed E-state index contributed by atoms with van der Waals surface area (Å²) in [4.78, 5) is 23.4. The number of hydrogen-bond donors (Lipinski definition) is 4.